The van der Waals surface area contributed by atoms with Gasteiger partial charge in [-0.1, -0.05) is 31.9 Å². The maximum atomic E-state index is 5.79. The van der Waals surface area contributed by atoms with Crippen LogP contribution in [-0.2, 0) is 0 Å². The van der Waals surface area contributed by atoms with E-state index in [0.29, 0.717) is 12.0 Å². The number of para-hydroxylation sites is 1. The van der Waals surface area contributed by atoms with Gasteiger partial charge in [-0.2, -0.15) is 4.98 Å². The van der Waals surface area contributed by atoms with Crippen molar-refractivity contribution in [1.29, 1.82) is 0 Å². The van der Waals surface area contributed by atoms with Crippen molar-refractivity contribution >= 4 is 22.7 Å². The zero-order valence-electron chi connectivity index (χ0n) is 11.3. The molecule has 3 rings (SSSR count). The molecule has 0 amide bonds. The third kappa shape index (κ3) is 2.78. The summed E-state index contributed by atoms with van der Waals surface area (Å²) >= 11 is 0. The van der Waals surface area contributed by atoms with Crippen LogP contribution in [-0.4, -0.2) is 16.0 Å². The minimum absolute atomic E-state index is 0.336. The van der Waals surface area contributed by atoms with Crippen molar-refractivity contribution in [1.82, 2.24) is 9.97 Å². The van der Waals surface area contributed by atoms with Crippen LogP contribution in [0.15, 0.2) is 24.3 Å². The summed E-state index contributed by atoms with van der Waals surface area (Å²) in [4.78, 5) is 8.64. The molecule has 4 heteroatoms. The normalized spacial score (nSPS) is 16.5. The fourth-order valence-corrected chi connectivity index (χ4v) is 2.48. The van der Waals surface area contributed by atoms with Gasteiger partial charge in [0.25, 0.3) is 0 Å². The fourth-order valence-electron chi connectivity index (χ4n) is 2.48. The summed E-state index contributed by atoms with van der Waals surface area (Å²) in [5.74, 6) is 2.11. The number of rotatable bonds is 5. The molecule has 1 heterocycles. The van der Waals surface area contributed by atoms with Gasteiger partial charge in [0.1, 0.15) is 5.82 Å². The Morgan fingerprint density at radius 2 is 2.11 bits per heavy atom. The molecule has 2 aromatic rings. The van der Waals surface area contributed by atoms with Crippen molar-refractivity contribution in [2.75, 3.05) is 11.1 Å². The van der Waals surface area contributed by atoms with E-state index in [9.17, 15) is 0 Å². The third-order valence-corrected chi connectivity index (χ3v) is 3.77. The number of benzene rings is 1. The van der Waals surface area contributed by atoms with Gasteiger partial charge in [0.15, 0.2) is 0 Å². The molecule has 100 valence electrons. The summed E-state index contributed by atoms with van der Waals surface area (Å²) in [6, 6.07) is 8.47. The smallest absolute Gasteiger partial charge is 0.222 e. The second-order valence-corrected chi connectivity index (χ2v) is 5.38. The van der Waals surface area contributed by atoms with Crippen LogP contribution < -0.4 is 11.1 Å². The highest BCUT2D eigenvalue weighted by atomic mass is 15.1. The number of nitrogen functional groups attached to an aromatic ring is 1. The first-order chi connectivity index (χ1) is 9.26. The van der Waals surface area contributed by atoms with E-state index in [1.54, 1.807) is 0 Å². The van der Waals surface area contributed by atoms with Crippen molar-refractivity contribution < 1.29 is 0 Å². The van der Waals surface area contributed by atoms with Crippen molar-refractivity contribution in [3.05, 3.63) is 24.3 Å². The summed E-state index contributed by atoms with van der Waals surface area (Å²) in [5.41, 5.74) is 6.69. The van der Waals surface area contributed by atoms with Gasteiger partial charge in [-0.05, 0) is 30.9 Å². The predicted molar refractivity (Wildman–Crippen MR) is 79.0 cm³/mol. The summed E-state index contributed by atoms with van der Waals surface area (Å²) < 4.78 is 0. The average Bonchev–Trinajstić information content (AvgIpc) is 3.21. The monoisotopic (exact) mass is 256 g/mol. The molecular weight excluding hydrogens is 236 g/mol. The van der Waals surface area contributed by atoms with Gasteiger partial charge in [0, 0.05) is 11.4 Å². The molecule has 1 aromatic carbocycles. The van der Waals surface area contributed by atoms with E-state index in [1.165, 1.54) is 19.3 Å². The number of hydrogen-bond donors (Lipinski definition) is 2. The number of aromatic nitrogens is 2. The van der Waals surface area contributed by atoms with E-state index in [2.05, 4.69) is 22.2 Å². The van der Waals surface area contributed by atoms with Gasteiger partial charge in [-0.15, -0.1) is 0 Å². The van der Waals surface area contributed by atoms with Crippen LogP contribution >= 0.6 is 0 Å². The zero-order chi connectivity index (χ0) is 13.2. The lowest BCUT2D eigenvalue weighted by Crippen LogP contribution is -2.20. The van der Waals surface area contributed by atoms with Gasteiger partial charge in [-0.3, -0.25) is 0 Å². The van der Waals surface area contributed by atoms with Crippen LogP contribution in [0.4, 0.5) is 11.8 Å². The van der Waals surface area contributed by atoms with Crippen LogP contribution in [0.25, 0.3) is 10.9 Å². The molecule has 0 radical (unpaired) electrons. The zero-order valence-corrected chi connectivity index (χ0v) is 11.3. The minimum atomic E-state index is 0.336. The van der Waals surface area contributed by atoms with E-state index < -0.39 is 0 Å². The molecule has 0 saturated heterocycles. The lowest BCUT2D eigenvalue weighted by Gasteiger charge is -2.18. The Labute approximate surface area is 113 Å². The molecule has 1 aromatic heterocycles. The van der Waals surface area contributed by atoms with Gasteiger partial charge in [-0.25, -0.2) is 4.98 Å². The number of anilines is 2. The molecule has 4 nitrogen and oxygen atoms in total. The summed E-state index contributed by atoms with van der Waals surface area (Å²) in [5, 5.41) is 4.60. The van der Waals surface area contributed by atoms with E-state index in [4.69, 9.17) is 5.73 Å². The van der Waals surface area contributed by atoms with Crippen LogP contribution in [0.1, 0.15) is 32.6 Å². The predicted octanol–water partition coefficient (Wildman–Crippen LogP) is 3.20. The molecule has 1 aliphatic carbocycles. The van der Waals surface area contributed by atoms with Gasteiger partial charge in [0.05, 0.1) is 5.52 Å². The SMILES string of the molecule is CCC(CC1CC1)Nc1nc(N)nc2ccccc12. The van der Waals surface area contributed by atoms with E-state index in [-0.39, 0.29) is 0 Å². The molecular formula is C15H20N4. The molecule has 1 fully saturated rings. The lowest BCUT2D eigenvalue weighted by atomic mass is 10.1. The van der Waals surface area contributed by atoms with Gasteiger partial charge < -0.3 is 11.1 Å². The molecule has 1 unspecified atom stereocenters. The number of nitrogens with one attached hydrogen (secondary N) is 1. The van der Waals surface area contributed by atoms with Crippen LogP contribution in [0.5, 0.6) is 0 Å². The maximum absolute atomic E-state index is 5.79. The minimum Gasteiger partial charge on any atom is -0.368 e. The second kappa shape index (κ2) is 5.03. The first kappa shape index (κ1) is 12.2. The van der Waals surface area contributed by atoms with E-state index in [0.717, 1.165) is 29.1 Å². The summed E-state index contributed by atoms with van der Waals surface area (Å²) in [6.07, 6.45) is 5.10. The lowest BCUT2D eigenvalue weighted by molar-refractivity contribution is 0.586. The maximum Gasteiger partial charge on any atom is 0.222 e. The Hall–Kier alpha value is -1.84. The van der Waals surface area contributed by atoms with Crippen LogP contribution in [0, 0.1) is 5.92 Å². The number of nitrogens with zero attached hydrogens (tertiary/aromatic N) is 2. The van der Waals surface area contributed by atoms with Crippen LogP contribution in [0.2, 0.25) is 0 Å². The average molecular weight is 256 g/mol. The second-order valence-electron chi connectivity index (χ2n) is 5.38. The Balaban J connectivity index is 1.89. The van der Waals surface area contributed by atoms with Gasteiger partial charge >= 0.3 is 0 Å². The van der Waals surface area contributed by atoms with Crippen LogP contribution in [0.3, 0.4) is 0 Å². The Kier molecular flexibility index (Phi) is 3.23. The van der Waals surface area contributed by atoms with Crippen molar-refractivity contribution in [3.8, 4) is 0 Å². The van der Waals surface area contributed by atoms with Crippen molar-refractivity contribution in [3.63, 3.8) is 0 Å². The molecule has 0 aliphatic heterocycles. The highest BCUT2D eigenvalue weighted by Crippen LogP contribution is 2.35. The molecule has 19 heavy (non-hydrogen) atoms. The molecule has 0 spiro atoms. The fraction of sp³-hybridized carbons (Fsp3) is 0.467. The molecule has 1 aliphatic rings. The summed E-state index contributed by atoms with van der Waals surface area (Å²) in [6.45, 7) is 2.22. The number of nitrogens with two attached hydrogens (primary N) is 1. The topological polar surface area (TPSA) is 63.8 Å². The number of fused-ring (bicyclic) bond motifs is 1. The summed E-state index contributed by atoms with van der Waals surface area (Å²) in [7, 11) is 0. The highest BCUT2D eigenvalue weighted by molar-refractivity contribution is 5.89. The third-order valence-electron chi connectivity index (χ3n) is 3.77. The Bertz CT molecular complexity index is 577. The Morgan fingerprint density at radius 1 is 1.32 bits per heavy atom. The quantitative estimate of drug-likeness (QED) is 0.862. The Morgan fingerprint density at radius 3 is 2.84 bits per heavy atom. The molecule has 0 bridgehead atoms. The molecule has 1 atom stereocenters. The van der Waals surface area contributed by atoms with Gasteiger partial charge in [0.2, 0.25) is 5.95 Å². The molecule has 1 saturated carbocycles. The van der Waals surface area contributed by atoms with Crippen molar-refractivity contribution in [2.24, 2.45) is 5.92 Å². The van der Waals surface area contributed by atoms with E-state index >= 15 is 0 Å². The number of hydrogen-bond acceptors (Lipinski definition) is 4. The molecule has 3 N–H and O–H groups in total. The van der Waals surface area contributed by atoms with E-state index in [1.807, 2.05) is 24.3 Å². The first-order valence-corrected chi connectivity index (χ1v) is 7.05. The largest absolute Gasteiger partial charge is 0.368 e. The first-order valence-electron chi connectivity index (χ1n) is 7.05. The standard InChI is InChI=1S/C15H20N4/c1-2-11(9-10-7-8-10)17-14-12-5-3-4-6-13(12)18-15(16)19-14/h3-6,10-11H,2,7-9H2,1H3,(H3,16,17,18,19). The highest BCUT2D eigenvalue weighted by Gasteiger charge is 2.25. The van der Waals surface area contributed by atoms with Crippen molar-refractivity contribution in [2.45, 2.75) is 38.6 Å².